The average molecular weight is 360 g/mol. The highest BCUT2D eigenvalue weighted by atomic mass is 32.1. The molecule has 124 valence electrons. The topological polar surface area (TPSA) is 55.6 Å². The molecule has 1 amide bonds. The van der Waals surface area contributed by atoms with Crippen molar-refractivity contribution in [2.24, 2.45) is 0 Å². The Morgan fingerprint density at radius 1 is 1.42 bits per heavy atom. The first-order valence-corrected chi connectivity index (χ1v) is 9.43. The molecule has 1 aliphatic rings. The molecule has 7 heteroatoms. The number of carbonyl (C=O) groups excluding carboxylic acids is 1. The summed E-state index contributed by atoms with van der Waals surface area (Å²) in [6.07, 6.45) is 0.893. The largest absolute Gasteiger partial charge is 0.465 e. The Hall–Kier alpha value is -2.12. The Kier molecular flexibility index (Phi) is 4.12. The summed E-state index contributed by atoms with van der Waals surface area (Å²) in [6.45, 7) is 2.46. The SMILES string of the molecule is Cc1cc(OCC(=O)N2CCc3sccc3C2c2cccs2)no1. The van der Waals surface area contributed by atoms with E-state index in [1.807, 2.05) is 16.3 Å². The van der Waals surface area contributed by atoms with E-state index in [0.29, 0.717) is 18.2 Å². The summed E-state index contributed by atoms with van der Waals surface area (Å²) in [6, 6.07) is 7.90. The lowest BCUT2D eigenvalue weighted by atomic mass is 9.98. The van der Waals surface area contributed by atoms with Crippen LogP contribution in [0.2, 0.25) is 0 Å². The Bertz CT molecular complexity index is 838. The number of amides is 1. The third-order valence-electron chi connectivity index (χ3n) is 4.05. The Balaban J connectivity index is 1.55. The number of hydrogen-bond acceptors (Lipinski definition) is 6. The number of fused-ring (bicyclic) bond motifs is 1. The molecular weight excluding hydrogens is 344 g/mol. The summed E-state index contributed by atoms with van der Waals surface area (Å²) in [4.78, 5) is 17.2. The molecule has 0 bridgehead atoms. The molecule has 0 saturated carbocycles. The Morgan fingerprint density at radius 3 is 3.08 bits per heavy atom. The average Bonchev–Trinajstić information content (AvgIpc) is 3.32. The van der Waals surface area contributed by atoms with Crippen LogP contribution in [0.4, 0.5) is 0 Å². The van der Waals surface area contributed by atoms with Gasteiger partial charge in [0.05, 0.1) is 6.04 Å². The number of thiophene rings is 2. The molecular formula is C17H16N2O3S2. The molecule has 3 aromatic heterocycles. The van der Waals surface area contributed by atoms with E-state index in [9.17, 15) is 4.79 Å². The van der Waals surface area contributed by atoms with Gasteiger partial charge in [-0.2, -0.15) is 0 Å². The summed E-state index contributed by atoms with van der Waals surface area (Å²) in [5, 5.41) is 7.92. The zero-order valence-corrected chi connectivity index (χ0v) is 14.7. The van der Waals surface area contributed by atoms with Gasteiger partial charge < -0.3 is 14.2 Å². The van der Waals surface area contributed by atoms with Crippen LogP contribution in [0.25, 0.3) is 0 Å². The van der Waals surface area contributed by atoms with Gasteiger partial charge in [0, 0.05) is 22.4 Å². The van der Waals surface area contributed by atoms with Crippen molar-refractivity contribution in [1.29, 1.82) is 0 Å². The number of aromatic nitrogens is 1. The van der Waals surface area contributed by atoms with Crippen molar-refractivity contribution in [2.75, 3.05) is 13.2 Å². The van der Waals surface area contributed by atoms with Crippen LogP contribution in [0.1, 0.15) is 27.1 Å². The molecule has 1 atom stereocenters. The number of nitrogens with zero attached hydrogens (tertiary/aromatic N) is 2. The summed E-state index contributed by atoms with van der Waals surface area (Å²) in [7, 11) is 0. The third kappa shape index (κ3) is 2.85. The molecule has 0 aliphatic carbocycles. The minimum atomic E-state index is -0.0362. The van der Waals surface area contributed by atoms with Gasteiger partial charge in [0.2, 0.25) is 0 Å². The first-order valence-electron chi connectivity index (χ1n) is 7.67. The molecule has 1 aliphatic heterocycles. The summed E-state index contributed by atoms with van der Waals surface area (Å²) in [5.74, 6) is 0.974. The number of rotatable bonds is 4. The lowest BCUT2D eigenvalue weighted by molar-refractivity contribution is -0.135. The van der Waals surface area contributed by atoms with Crippen molar-refractivity contribution in [3.05, 3.63) is 56.1 Å². The van der Waals surface area contributed by atoms with Crippen LogP contribution >= 0.6 is 22.7 Å². The van der Waals surface area contributed by atoms with Crippen LogP contribution < -0.4 is 4.74 Å². The Morgan fingerprint density at radius 2 is 2.33 bits per heavy atom. The van der Waals surface area contributed by atoms with Gasteiger partial charge in [0.1, 0.15) is 5.76 Å². The molecule has 0 spiro atoms. The van der Waals surface area contributed by atoms with Crippen molar-refractivity contribution in [2.45, 2.75) is 19.4 Å². The molecule has 3 aromatic rings. The van der Waals surface area contributed by atoms with Crippen molar-refractivity contribution >= 4 is 28.6 Å². The van der Waals surface area contributed by atoms with Crippen molar-refractivity contribution in [1.82, 2.24) is 10.1 Å². The minimum Gasteiger partial charge on any atom is -0.465 e. The fourth-order valence-corrected chi connectivity index (χ4v) is 4.73. The zero-order chi connectivity index (χ0) is 16.5. The Labute approximate surface area is 147 Å². The summed E-state index contributed by atoms with van der Waals surface area (Å²) >= 11 is 3.44. The highest BCUT2D eigenvalue weighted by molar-refractivity contribution is 7.10. The van der Waals surface area contributed by atoms with E-state index in [2.05, 4.69) is 22.7 Å². The highest BCUT2D eigenvalue weighted by Gasteiger charge is 2.33. The van der Waals surface area contributed by atoms with Crippen LogP contribution in [0.5, 0.6) is 5.88 Å². The van der Waals surface area contributed by atoms with Crippen molar-refractivity contribution in [3.8, 4) is 5.88 Å². The van der Waals surface area contributed by atoms with Crippen molar-refractivity contribution < 1.29 is 14.1 Å². The molecule has 1 unspecified atom stereocenters. The molecule has 5 nitrogen and oxygen atoms in total. The van der Waals surface area contributed by atoms with E-state index in [1.165, 1.54) is 15.3 Å². The van der Waals surface area contributed by atoms with Crippen LogP contribution in [0, 0.1) is 6.92 Å². The molecule has 4 heterocycles. The fraction of sp³-hybridized carbons (Fsp3) is 0.294. The predicted octanol–water partition coefficient (Wildman–Crippen LogP) is 3.66. The predicted molar refractivity (Wildman–Crippen MR) is 92.6 cm³/mol. The summed E-state index contributed by atoms with van der Waals surface area (Å²) < 4.78 is 10.4. The van der Waals surface area contributed by atoms with E-state index in [-0.39, 0.29) is 18.6 Å². The molecule has 24 heavy (non-hydrogen) atoms. The highest BCUT2D eigenvalue weighted by Crippen LogP contribution is 2.39. The van der Waals surface area contributed by atoms with Crippen LogP contribution in [0.3, 0.4) is 0 Å². The lowest BCUT2D eigenvalue weighted by Crippen LogP contribution is -2.42. The van der Waals surface area contributed by atoms with Crippen LogP contribution in [-0.4, -0.2) is 29.1 Å². The molecule has 4 rings (SSSR count). The quantitative estimate of drug-likeness (QED) is 0.712. The van der Waals surface area contributed by atoms with E-state index >= 15 is 0 Å². The standard InChI is InChI=1S/C17H16N2O3S2/c1-11-9-15(18-22-11)21-10-16(20)19-6-4-13-12(5-8-24-13)17(19)14-3-2-7-23-14/h2-3,5,7-9,17H,4,6,10H2,1H3. The number of carbonyl (C=O) groups is 1. The molecule has 0 N–H and O–H groups in total. The number of ether oxygens (including phenoxy) is 1. The van der Waals surface area contributed by atoms with Gasteiger partial charge in [-0.3, -0.25) is 4.79 Å². The van der Waals surface area contributed by atoms with E-state index in [0.717, 1.165) is 6.42 Å². The second kappa shape index (κ2) is 6.41. The number of hydrogen-bond donors (Lipinski definition) is 0. The van der Waals surface area contributed by atoms with E-state index in [1.54, 1.807) is 35.7 Å². The normalized spacial score (nSPS) is 16.9. The van der Waals surface area contributed by atoms with Crippen molar-refractivity contribution in [3.63, 3.8) is 0 Å². The van der Waals surface area contributed by atoms with Gasteiger partial charge in [0.15, 0.2) is 6.61 Å². The van der Waals surface area contributed by atoms with Gasteiger partial charge in [-0.05, 0) is 47.0 Å². The monoisotopic (exact) mass is 360 g/mol. The maximum atomic E-state index is 12.8. The molecule has 0 saturated heterocycles. The second-order valence-electron chi connectivity index (χ2n) is 5.62. The number of aryl methyl sites for hydroxylation is 1. The molecule has 0 fully saturated rings. The third-order valence-corrected chi connectivity index (χ3v) is 5.97. The first-order chi connectivity index (χ1) is 11.7. The van der Waals surface area contributed by atoms with E-state index in [4.69, 9.17) is 9.26 Å². The zero-order valence-electron chi connectivity index (χ0n) is 13.1. The van der Waals surface area contributed by atoms with Gasteiger partial charge in [-0.15, -0.1) is 22.7 Å². The van der Waals surface area contributed by atoms with E-state index < -0.39 is 0 Å². The van der Waals surface area contributed by atoms with Gasteiger partial charge >= 0.3 is 0 Å². The van der Waals surface area contributed by atoms with Crippen LogP contribution in [-0.2, 0) is 11.2 Å². The smallest absolute Gasteiger partial charge is 0.261 e. The molecule has 0 aromatic carbocycles. The van der Waals surface area contributed by atoms with Gasteiger partial charge in [-0.25, -0.2) is 0 Å². The van der Waals surface area contributed by atoms with Gasteiger partial charge in [-0.1, -0.05) is 6.07 Å². The maximum Gasteiger partial charge on any atom is 0.261 e. The lowest BCUT2D eigenvalue weighted by Gasteiger charge is -2.35. The first kappa shape index (κ1) is 15.4. The second-order valence-corrected chi connectivity index (χ2v) is 7.60. The summed E-state index contributed by atoms with van der Waals surface area (Å²) in [5.41, 5.74) is 1.24. The minimum absolute atomic E-state index is 0.0184. The molecule has 0 radical (unpaired) electrons. The fourth-order valence-electron chi connectivity index (χ4n) is 2.97. The van der Waals surface area contributed by atoms with Gasteiger partial charge in [0.25, 0.3) is 11.8 Å². The van der Waals surface area contributed by atoms with Crippen LogP contribution in [0.15, 0.2) is 39.5 Å². The maximum absolute atomic E-state index is 12.8.